The van der Waals surface area contributed by atoms with Crippen LogP contribution >= 0.6 is 11.3 Å². The van der Waals surface area contributed by atoms with Crippen molar-refractivity contribution in [1.29, 1.82) is 0 Å². The number of thiazole rings is 1. The van der Waals surface area contributed by atoms with Crippen LogP contribution in [0.2, 0.25) is 0 Å². The second kappa shape index (κ2) is 5.95. The predicted octanol–water partition coefficient (Wildman–Crippen LogP) is 1.47. The lowest BCUT2D eigenvalue weighted by atomic mass is 9.97. The van der Waals surface area contributed by atoms with Crippen molar-refractivity contribution in [2.75, 3.05) is 18.1 Å². The molecule has 1 aromatic heterocycles. The first-order valence-corrected chi connectivity index (χ1v) is 9.88. The van der Waals surface area contributed by atoms with E-state index in [-0.39, 0.29) is 16.9 Å². The topological polar surface area (TPSA) is 79.3 Å². The Labute approximate surface area is 130 Å². The first-order valence-electron chi connectivity index (χ1n) is 7.18. The molecule has 0 saturated carbocycles. The van der Waals surface area contributed by atoms with Gasteiger partial charge in [-0.2, -0.15) is 0 Å². The van der Waals surface area contributed by atoms with Gasteiger partial charge in [-0.25, -0.2) is 13.4 Å². The second-order valence-electron chi connectivity index (χ2n) is 6.87. The normalized spacial score (nSPS) is 21.3. The van der Waals surface area contributed by atoms with E-state index in [4.69, 9.17) is 0 Å². The summed E-state index contributed by atoms with van der Waals surface area (Å²) in [5.41, 5.74) is 0.115. The number of nitrogens with one attached hydrogen (secondary N) is 1. The van der Waals surface area contributed by atoms with Gasteiger partial charge in [0.25, 0.3) is 0 Å². The number of aromatic nitrogens is 1. The highest BCUT2D eigenvalue weighted by Gasteiger charge is 2.34. The minimum Gasteiger partial charge on any atom is -0.388 e. The summed E-state index contributed by atoms with van der Waals surface area (Å²) in [7, 11) is -2.94. The van der Waals surface area contributed by atoms with Gasteiger partial charge in [-0.1, -0.05) is 20.8 Å². The summed E-state index contributed by atoms with van der Waals surface area (Å²) in [5, 5.41) is 16.7. The Morgan fingerprint density at radius 1 is 1.38 bits per heavy atom. The Hall–Kier alpha value is -0.500. The van der Waals surface area contributed by atoms with Crippen molar-refractivity contribution in [1.82, 2.24) is 10.3 Å². The molecule has 21 heavy (non-hydrogen) atoms. The molecule has 5 nitrogen and oxygen atoms in total. The van der Waals surface area contributed by atoms with Crippen LogP contribution in [0.1, 0.15) is 44.3 Å². The third-order valence-electron chi connectivity index (χ3n) is 3.71. The van der Waals surface area contributed by atoms with Crippen molar-refractivity contribution in [2.45, 2.75) is 51.2 Å². The zero-order valence-corrected chi connectivity index (χ0v) is 14.5. The third-order valence-corrected chi connectivity index (χ3v) is 6.68. The summed E-state index contributed by atoms with van der Waals surface area (Å²) >= 11 is 1.65. The van der Waals surface area contributed by atoms with Crippen LogP contribution in [0.25, 0.3) is 0 Å². The van der Waals surface area contributed by atoms with Gasteiger partial charge in [-0.3, -0.25) is 0 Å². The van der Waals surface area contributed by atoms with Crippen LogP contribution in [-0.2, 0) is 21.8 Å². The van der Waals surface area contributed by atoms with Gasteiger partial charge in [-0.05, 0) is 12.8 Å². The van der Waals surface area contributed by atoms with E-state index in [0.717, 1.165) is 10.7 Å². The fraction of sp³-hybridized carbons (Fsp3) is 0.786. The van der Waals surface area contributed by atoms with Crippen molar-refractivity contribution in [3.05, 3.63) is 16.1 Å². The number of aliphatic hydroxyl groups is 1. The monoisotopic (exact) mass is 332 g/mol. The van der Waals surface area contributed by atoms with Crippen LogP contribution in [0.4, 0.5) is 0 Å². The highest BCUT2D eigenvalue weighted by molar-refractivity contribution is 7.91. The molecule has 1 saturated heterocycles. The highest BCUT2D eigenvalue weighted by Crippen LogP contribution is 2.26. The Kier molecular flexibility index (Phi) is 4.78. The summed E-state index contributed by atoms with van der Waals surface area (Å²) in [6.45, 7) is 7.41. The van der Waals surface area contributed by atoms with Gasteiger partial charge in [0.05, 0.1) is 27.8 Å². The molecule has 1 aliphatic heterocycles. The van der Waals surface area contributed by atoms with Crippen LogP contribution in [0.5, 0.6) is 0 Å². The first-order chi connectivity index (χ1) is 9.60. The number of hydrogen-bond acceptors (Lipinski definition) is 6. The molecule has 0 atom stereocenters. The van der Waals surface area contributed by atoms with Gasteiger partial charge in [0.2, 0.25) is 0 Å². The summed E-state index contributed by atoms with van der Waals surface area (Å²) in [5.74, 6) is 0.159. The average molecular weight is 332 g/mol. The summed E-state index contributed by atoms with van der Waals surface area (Å²) < 4.78 is 22.8. The van der Waals surface area contributed by atoms with Gasteiger partial charge in [0.1, 0.15) is 0 Å². The van der Waals surface area contributed by atoms with Crippen LogP contribution in [0.3, 0.4) is 0 Å². The molecule has 2 rings (SSSR count). The molecule has 7 heteroatoms. The Balaban J connectivity index is 1.83. The molecule has 0 spiro atoms. The quantitative estimate of drug-likeness (QED) is 0.873. The summed E-state index contributed by atoms with van der Waals surface area (Å²) in [6, 6.07) is 0. The zero-order chi connectivity index (χ0) is 15.7. The minimum absolute atomic E-state index is 0.0544. The van der Waals surface area contributed by atoms with Gasteiger partial charge >= 0.3 is 0 Å². The molecule has 0 aromatic carbocycles. The summed E-state index contributed by atoms with van der Waals surface area (Å²) in [4.78, 5) is 4.59. The molecule has 0 aliphatic carbocycles. The van der Waals surface area contributed by atoms with Gasteiger partial charge in [0, 0.05) is 23.9 Å². The predicted molar refractivity (Wildman–Crippen MR) is 85.4 cm³/mol. The largest absolute Gasteiger partial charge is 0.388 e. The van der Waals surface area contributed by atoms with E-state index < -0.39 is 15.4 Å². The molecule has 0 radical (unpaired) electrons. The lowest BCUT2D eigenvalue weighted by molar-refractivity contribution is 0.0303. The van der Waals surface area contributed by atoms with Crippen LogP contribution in [-0.4, -0.2) is 42.2 Å². The van der Waals surface area contributed by atoms with E-state index in [1.807, 2.05) is 5.38 Å². The van der Waals surface area contributed by atoms with E-state index in [0.29, 0.717) is 25.9 Å². The third kappa shape index (κ3) is 4.74. The molecule has 1 fully saturated rings. The molecule has 2 heterocycles. The van der Waals surface area contributed by atoms with Crippen LogP contribution in [0, 0.1) is 0 Å². The van der Waals surface area contributed by atoms with E-state index in [9.17, 15) is 13.5 Å². The molecule has 2 N–H and O–H groups in total. The maximum absolute atomic E-state index is 11.4. The molecular weight excluding hydrogens is 308 g/mol. The lowest BCUT2D eigenvalue weighted by Gasteiger charge is -2.32. The van der Waals surface area contributed by atoms with Crippen LogP contribution in [0.15, 0.2) is 5.38 Å². The number of rotatable bonds is 4. The second-order valence-corrected chi connectivity index (χ2v) is 10.0. The smallest absolute Gasteiger partial charge is 0.150 e. The SMILES string of the molecule is CC(C)(C)c1nc(CNCC2(O)CCS(=O)(=O)CC2)cs1. The van der Waals surface area contributed by atoms with E-state index in [1.165, 1.54) is 0 Å². The van der Waals surface area contributed by atoms with Crippen LogP contribution < -0.4 is 5.32 Å². The number of hydrogen-bond donors (Lipinski definition) is 2. The molecule has 120 valence electrons. The molecular formula is C14H24N2O3S2. The van der Waals surface area contributed by atoms with Gasteiger partial charge < -0.3 is 10.4 Å². The molecule has 0 bridgehead atoms. The van der Waals surface area contributed by atoms with Gasteiger partial charge in [0.15, 0.2) is 9.84 Å². The Bertz CT molecular complexity index is 574. The molecule has 1 aromatic rings. The number of sulfone groups is 1. The van der Waals surface area contributed by atoms with Gasteiger partial charge in [-0.15, -0.1) is 11.3 Å². The van der Waals surface area contributed by atoms with Crippen molar-refractivity contribution in [3.8, 4) is 0 Å². The maximum atomic E-state index is 11.4. The van der Waals surface area contributed by atoms with E-state index >= 15 is 0 Å². The standard InChI is InChI=1S/C14H24N2O3S2/c1-13(2,3)12-16-11(9-20-12)8-15-10-14(17)4-6-21(18,19)7-5-14/h9,15,17H,4-8,10H2,1-3H3. The Morgan fingerprint density at radius 2 is 2.00 bits per heavy atom. The van der Waals surface area contributed by atoms with Crippen molar-refractivity contribution < 1.29 is 13.5 Å². The maximum Gasteiger partial charge on any atom is 0.150 e. The van der Waals surface area contributed by atoms with Crippen molar-refractivity contribution in [3.63, 3.8) is 0 Å². The number of nitrogens with zero attached hydrogens (tertiary/aromatic N) is 1. The average Bonchev–Trinajstić information content (AvgIpc) is 2.83. The fourth-order valence-electron chi connectivity index (χ4n) is 2.25. The molecule has 0 amide bonds. The fourth-order valence-corrected chi connectivity index (χ4v) is 4.74. The first kappa shape index (κ1) is 16.9. The Morgan fingerprint density at radius 3 is 2.52 bits per heavy atom. The minimum atomic E-state index is -2.94. The summed E-state index contributed by atoms with van der Waals surface area (Å²) in [6.07, 6.45) is 0.624. The highest BCUT2D eigenvalue weighted by atomic mass is 32.2. The van der Waals surface area contributed by atoms with E-state index in [2.05, 4.69) is 31.1 Å². The molecule has 1 aliphatic rings. The lowest BCUT2D eigenvalue weighted by Crippen LogP contribution is -2.46. The molecule has 0 unspecified atom stereocenters. The van der Waals surface area contributed by atoms with Crippen molar-refractivity contribution in [2.24, 2.45) is 0 Å². The van der Waals surface area contributed by atoms with Crippen molar-refractivity contribution >= 4 is 21.2 Å². The zero-order valence-electron chi connectivity index (χ0n) is 12.8. The van der Waals surface area contributed by atoms with E-state index in [1.54, 1.807) is 11.3 Å².